The second kappa shape index (κ2) is 7.57. The van der Waals surface area contributed by atoms with E-state index < -0.39 is 0 Å². The van der Waals surface area contributed by atoms with Crippen LogP contribution in [0.4, 0.5) is 5.69 Å². The lowest BCUT2D eigenvalue weighted by Gasteiger charge is -2.10. The SMILES string of the molecule is Cc1c(Cl)cccc1NC(=O)CSc1nnc(C2CCCC2)n1C. The number of nitrogens with zero attached hydrogens (tertiary/aromatic N) is 3. The Morgan fingerprint density at radius 3 is 2.88 bits per heavy atom. The van der Waals surface area contributed by atoms with Crippen molar-refractivity contribution in [3.05, 3.63) is 34.6 Å². The predicted molar refractivity (Wildman–Crippen MR) is 97.8 cm³/mol. The van der Waals surface area contributed by atoms with Gasteiger partial charge in [-0.25, -0.2) is 0 Å². The van der Waals surface area contributed by atoms with E-state index in [-0.39, 0.29) is 5.91 Å². The van der Waals surface area contributed by atoms with E-state index in [0.717, 1.165) is 22.2 Å². The van der Waals surface area contributed by atoms with Crippen LogP contribution in [0, 0.1) is 6.92 Å². The van der Waals surface area contributed by atoms with Crippen LogP contribution in [-0.4, -0.2) is 26.4 Å². The third-order valence-corrected chi connectivity index (χ3v) is 5.89. The fourth-order valence-corrected chi connectivity index (χ4v) is 3.94. The predicted octanol–water partition coefficient (Wildman–Crippen LogP) is 4.17. The second-order valence-corrected chi connectivity index (χ2v) is 7.48. The van der Waals surface area contributed by atoms with Gasteiger partial charge in [0.15, 0.2) is 5.16 Å². The smallest absolute Gasteiger partial charge is 0.234 e. The first kappa shape index (κ1) is 17.3. The molecule has 0 unspecified atom stereocenters. The van der Waals surface area contributed by atoms with Crippen LogP contribution >= 0.6 is 23.4 Å². The monoisotopic (exact) mass is 364 g/mol. The van der Waals surface area contributed by atoms with Crippen LogP contribution in [0.15, 0.2) is 23.4 Å². The molecule has 1 saturated carbocycles. The van der Waals surface area contributed by atoms with Gasteiger partial charge in [-0.05, 0) is 37.5 Å². The minimum atomic E-state index is -0.0733. The standard InChI is InChI=1S/C17H21ClN4OS/c1-11-13(18)8-5-9-14(11)19-15(23)10-24-17-21-20-16(22(17)2)12-6-3-4-7-12/h5,8-9,12H,3-4,6-7,10H2,1-2H3,(H,19,23). The van der Waals surface area contributed by atoms with Gasteiger partial charge < -0.3 is 9.88 Å². The van der Waals surface area contributed by atoms with Gasteiger partial charge in [0.1, 0.15) is 5.82 Å². The Morgan fingerprint density at radius 2 is 2.12 bits per heavy atom. The van der Waals surface area contributed by atoms with Gasteiger partial charge in [-0.3, -0.25) is 4.79 Å². The summed E-state index contributed by atoms with van der Waals surface area (Å²) in [6.07, 6.45) is 4.90. The Labute approximate surface area is 151 Å². The average molecular weight is 365 g/mol. The number of aromatic nitrogens is 3. The number of anilines is 1. The highest BCUT2D eigenvalue weighted by Crippen LogP contribution is 2.34. The largest absolute Gasteiger partial charge is 0.325 e. The van der Waals surface area contributed by atoms with Gasteiger partial charge >= 0.3 is 0 Å². The van der Waals surface area contributed by atoms with Gasteiger partial charge in [-0.15, -0.1) is 10.2 Å². The molecule has 0 spiro atoms. The van der Waals surface area contributed by atoms with Gasteiger partial charge in [-0.1, -0.05) is 42.3 Å². The van der Waals surface area contributed by atoms with Gasteiger partial charge in [0, 0.05) is 23.7 Å². The first-order valence-corrected chi connectivity index (χ1v) is 9.49. The molecular formula is C17H21ClN4OS. The van der Waals surface area contributed by atoms with Crippen molar-refractivity contribution in [3.8, 4) is 0 Å². The molecule has 1 aliphatic carbocycles. The maximum atomic E-state index is 12.2. The number of carbonyl (C=O) groups excluding carboxylic acids is 1. The van der Waals surface area contributed by atoms with E-state index in [1.165, 1.54) is 37.4 Å². The van der Waals surface area contributed by atoms with E-state index >= 15 is 0 Å². The Balaban J connectivity index is 1.59. The zero-order chi connectivity index (χ0) is 17.1. The summed E-state index contributed by atoms with van der Waals surface area (Å²) < 4.78 is 2.03. The molecule has 0 bridgehead atoms. The lowest BCUT2D eigenvalue weighted by Crippen LogP contribution is -2.15. The lowest BCUT2D eigenvalue weighted by molar-refractivity contribution is -0.113. The number of benzene rings is 1. The summed E-state index contributed by atoms with van der Waals surface area (Å²) in [5, 5.41) is 12.9. The van der Waals surface area contributed by atoms with Gasteiger partial charge in [-0.2, -0.15) is 0 Å². The molecule has 7 heteroatoms. The number of amides is 1. The van der Waals surface area contributed by atoms with Gasteiger partial charge in [0.25, 0.3) is 0 Å². The van der Waals surface area contributed by atoms with E-state index in [1.54, 1.807) is 0 Å². The third kappa shape index (κ3) is 3.75. The molecule has 128 valence electrons. The van der Waals surface area contributed by atoms with Crippen LogP contribution in [0.25, 0.3) is 0 Å². The highest BCUT2D eigenvalue weighted by Gasteiger charge is 2.23. The Morgan fingerprint density at radius 1 is 1.38 bits per heavy atom. The van der Waals surface area contributed by atoms with E-state index in [4.69, 9.17) is 11.6 Å². The van der Waals surface area contributed by atoms with Crippen molar-refractivity contribution in [1.29, 1.82) is 0 Å². The van der Waals surface area contributed by atoms with Crippen molar-refractivity contribution >= 4 is 35.0 Å². The van der Waals surface area contributed by atoms with Crippen molar-refractivity contribution in [1.82, 2.24) is 14.8 Å². The highest BCUT2D eigenvalue weighted by molar-refractivity contribution is 7.99. The number of rotatable bonds is 5. The minimum Gasteiger partial charge on any atom is -0.325 e. The first-order valence-electron chi connectivity index (χ1n) is 8.13. The van der Waals surface area contributed by atoms with Crippen LogP contribution in [-0.2, 0) is 11.8 Å². The average Bonchev–Trinajstić information content (AvgIpc) is 3.19. The molecule has 1 amide bonds. The van der Waals surface area contributed by atoms with Crippen molar-refractivity contribution in [3.63, 3.8) is 0 Å². The second-order valence-electron chi connectivity index (χ2n) is 6.13. The summed E-state index contributed by atoms with van der Waals surface area (Å²) >= 11 is 7.49. The number of hydrogen-bond donors (Lipinski definition) is 1. The first-order chi connectivity index (χ1) is 11.6. The molecule has 2 aromatic rings. The van der Waals surface area contributed by atoms with E-state index in [1.807, 2.05) is 36.7 Å². The molecule has 5 nitrogen and oxygen atoms in total. The molecule has 1 N–H and O–H groups in total. The molecule has 1 aromatic heterocycles. The maximum absolute atomic E-state index is 12.2. The number of carbonyl (C=O) groups is 1. The summed E-state index contributed by atoms with van der Waals surface area (Å²) in [7, 11) is 1.98. The molecule has 1 fully saturated rings. The molecule has 0 radical (unpaired) electrons. The molecule has 0 aliphatic heterocycles. The topological polar surface area (TPSA) is 59.8 Å². The number of thioether (sulfide) groups is 1. The summed E-state index contributed by atoms with van der Waals surface area (Å²) in [5.74, 6) is 1.78. The quantitative estimate of drug-likeness (QED) is 0.809. The fourth-order valence-electron chi connectivity index (χ4n) is 3.05. The van der Waals surface area contributed by atoms with Crippen molar-refractivity contribution < 1.29 is 4.79 Å². The molecule has 3 rings (SSSR count). The van der Waals surface area contributed by atoms with Gasteiger partial charge in [0.2, 0.25) is 5.91 Å². The van der Waals surface area contributed by atoms with E-state index in [2.05, 4.69) is 15.5 Å². The molecule has 1 aliphatic rings. The normalized spacial score (nSPS) is 15.0. The van der Waals surface area contributed by atoms with Crippen LogP contribution in [0.3, 0.4) is 0 Å². The Bertz CT molecular complexity index is 740. The van der Waals surface area contributed by atoms with E-state index in [9.17, 15) is 4.79 Å². The van der Waals surface area contributed by atoms with E-state index in [0.29, 0.717) is 16.7 Å². The van der Waals surface area contributed by atoms with Crippen LogP contribution in [0.5, 0.6) is 0 Å². The molecule has 1 heterocycles. The molecule has 24 heavy (non-hydrogen) atoms. The molecule has 1 aromatic carbocycles. The van der Waals surface area contributed by atoms with Gasteiger partial charge in [0.05, 0.1) is 5.75 Å². The van der Waals surface area contributed by atoms with Crippen LogP contribution in [0.2, 0.25) is 5.02 Å². The minimum absolute atomic E-state index is 0.0733. The van der Waals surface area contributed by atoms with Crippen molar-refractivity contribution in [2.75, 3.05) is 11.1 Å². The third-order valence-electron chi connectivity index (χ3n) is 4.46. The summed E-state index contributed by atoms with van der Waals surface area (Å²) in [4.78, 5) is 12.2. The lowest BCUT2D eigenvalue weighted by atomic mass is 10.1. The van der Waals surface area contributed by atoms with Crippen molar-refractivity contribution in [2.24, 2.45) is 7.05 Å². The maximum Gasteiger partial charge on any atom is 0.234 e. The zero-order valence-corrected chi connectivity index (χ0v) is 15.5. The van der Waals surface area contributed by atoms with Crippen LogP contribution in [0.1, 0.15) is 43.0 Å². The summed E-state index contributed by atoms with van der Waals surface area (Å²) in [5.41, 5.74) is 1.62. The highest BCUT2D eigenvalue weighted by atomic mass is 35.5. The number of nitrogens with one attached hydrogen (secondary N) is 1. The Hall–Kier alpha value is -1.53. The molecule has 0 saturated heterocycles. The fraction of sp³-hybridized carbons (Fsp3) is 0.471. The van der Waals surface area contributed by atoms with Crippen LogP contribution < -0.4 is 5.32 Å². The zero-order valence-electron chi connectivity index (χ0n) is 13.9. The Kier molecular flexibility index (Phi) is 5.46. The van der Waals surface area contributed by atoms with Crippen molar-refractivity contribution in [2.45, 2.75) is 43.7 Å². The number of halogens is 1. The summed E-state index contributed by atoms with van der Waals surface area (Å²) in [6, 6.07) is 5.49. The summed E-state index contributed by atoms with van der Waals surface area (Å²) in [6.45, 7) is 1.89. The number of hydrogen-bond acceptors (Lipinski definition) is 4. The molecule has 0 atom stereocenters. The molecular weight excluding hydrogens is 344 g/mol.